The van der Waals surface area contributed by atoms with Gasteiger partial charge >= 0.3 is 5.97 Å². The van der Waals surface area contributed by atoms with E-state index in [0.717, 1.165) is 49.2 Å². The molecule has 0 aromatic heterocycles. The maximum Gasteiger partial charge on any atom is 0.338 e. The molecule has 3 atom stereocenters. The fourth-order valence-electron chi connectivity index (χ4n) is 5.10. The second kappa shape index (κ2) is 7.83. The quantitative estimate of drug-likeness (QED) is 0.733. The highest BCUT2D eigenvalue weighted by Crippen LogP contribution is 2.41. The summed E-state index contributed by atoms with van der Waals surface area (Å²) >= 11 is 0. The molecule has 3 aliphatic heterocycles. The third-order valence-electron chi connectivity index (χ3n) is 7.37. The van der Waals surface area contributed by atoms with Crippen LogP contribution in [0.2, 0.25) is 0 Å². The van der Waals surface area contributed by atoms with Crippen LogP contribution < -0.4 is 4.74 Å². The fraction of sp³-hybridized carbons (Fsp3) is 0.720. The summed E-state index contributed by atoms with van der Waals surface area (Å²) in [5, 5.41) is 10.2. The highest BCUT2D eigenvalue weighted by Gasteiger charge is 2.40. The van der Waals surface area contributed by atoms with E-state index in [1.54, 1.807) is 0 Å². The summed E-state index contributed by atoms with van der Waals surface area (Å²) in [6, 6.07) is 4.30. The molecule has 0 saturated carbocycles. The summed E-state index contributed by atoms with van der Waals surface area (Å²) in [6.45, 7) is 12.2. The molecule has 0 spiro atoms. The van der Waals surface area contributed by atoms with Crippen LogP contribution in [-0.2, 0) is 17.6 Å². The van der Waals surface area contributed by atoms with Crippen LogP contribution in [0, 0.1) is 5.92 Å². The van der Waals surface area contributed by atoms with E-state index in [-0.39, 0.29) is 17.7 Å². The minimum atomic E-state index is -0.767. The molecule has 5 heteroatoms. The summed E-state index contributed by atoms with van der Waals surface area (Å²) in [6.07, 6.45) is 5.40. The van der Waals surface area contributed by atoms with Gasteiger partial charge in [0.15, 0.2) is 0 Å². The second-order valence-electron chi connectivity index (χ2n) is 10.7. The average Bonchev–Trinajstić information content (AvgIpc) is 3.25. The molecule has 0 amide bonds. The van der Waals surface area contributed by atoms with E-state index in [9.17, 15) is 9.90 Å². The number of nitrogens with zero attached hydrogens (tertiary/aromatic N) is 1. The maximum absolute atomic E-state index is 13.1. The number of aliphatic hydroxyl groups is 1. The van der Waals surface area contributed by atoms with Crippen molar-refractivity contribution in [3.63, 3.8) is 0 Å². The number of carbonyl (C=O) groups excluding carboxylic acids is 1. The summed E-state index contributed by atoms with van der Waals surface area (Å²) in [5.74, 6) is 1.01. The van der Waals surface area contributed by atoms with Crippen LogP contribution in [0.25, 0.3) is 0 Å². The van der Waals surface area contributed by atoms with E-state index < -0.39 is 5.60 Å². The summed E-state index contributed by atoms with van der Waals surface area (Å²) < 4.78 is 12.4. The van der Waals surface area contributed by atoms with Gasteiger partial charge < -0.3 is 14.6 Å². The molecule has 3 heterocycles. The van der Waals surface area contributed by atoms with Gasteiger partial charge in [-0.05, 0) is 102 Å². The Labute approximate surface area is 180 Å². The van der Waals surface area contributed by atoms with Crippen LogP contribution in [0.1, 0.15) is 81.8 Å². The molecule has 30 heavy (non-hydrogen) atoms. The lowest BCUT2D eigenvalue weighted by Gasteiger charge is -2.39. The molecule has 2 saturated heterocycles. The van der Waals surface area contributed by atoms with Crippen molar-refractivity contribution in [1.82, 2.24) is 4.90 Å². The average molecular weight is 416 g/mol. The van der Waals surface area contributed by atoms with Crippen molar-refractivity contribution in [2.45, 2.75) is 96.5 Å². The van der Waals surface area contributed by atoms with Gasteiger partial charge in [-0.2, -0.15) is 0 Å². The van der Waals surface area contributed by atoms with Gasteiger partial charge in [-0.15, -0.1) is 0 Å². The normalized spacial score (nSPS) is 28.0. The third-order valence-corrected chi connectivity index (χ3v) is 7.37. The van der Waals surface area contributed by atoms with Crippen molar-refractivity contribution < 1.29 is 19.4 Å². The first-order chi connectivity index (χ1) is 14.0. The van der Waals surface area contributed by atoms with Gasteiger partial charge in [-0.25, -0.2) is 4.79 Å². The zero-order valence-corrected chi connectivity index (χ0v) is 19.2. The van der Waals surface area contributed by atoms with E-state index in [2.05, 4.69) is 25.7 Å². The molecular weight excluding hydrogens is 378 g/mol. The Morgan fingerprint density at radius 3 is 2.80 bits per heavy atom. The number of fused-ring (bicyclic) bond motifs is 2. The van der Waals surface area contributed by atoms with Crippen LogP contribution in [-0.4, -0.2) is 52.4 Å². The molecular formula is C25H37NO4. The second-order valence-corrected chi connectivity index (χ2v) is 10.7. The Morgan fingerprint density at radius 2 is 2.07 bits per heavy atom. The van der Waals surface area contributed by atoms with Crippen LogP contribution in [0.5, 0.6) is 5.75 Å². The molecule has 3 unspecified atom stereocenters. The molecule has 2 fully saturated rings. The zero-order valence-electron chi connectivity index (χ0n) is 19.2. The van der Waals surface area contributed by atoms with E-state index in [4.69, 9.17) is 9.47 Å². The van der Waals surface area contributed by atoms with Crippen molar-refractivity contribution >= 4 is 5.97 Å². The van der Waals surface area contributed by atoms with Crippen LogP contribution >= 0.6 is 0 Å². The third kappa shape index (κ3) is 4.38. The molecule has 3 aliphatic rings. The van der Waals surface area contributed by atoms with Gasteiger partial charge in [0, 0.05) is 12.6 Å². The lowest BCUT2D eigenvalue weighted by Crippen LogP contribution is -2.41. The van der Waals surface area contributed by atoms with E-state index in [1.165, 1.54) is 6.42 Å². The van der Waals surface area contributed by atoms with Gasteiger partial charge in [-0.3, -0.25) is 4.90 Å². The molecule has 0 bridgehead atoms. The first-order valence-electron chi connectivity index (χ1n) is 11.6. The van der Waals surface area contributed by atoms with Gasteiger partial charge in [0.2, 0.25) is 0 Å². The molecule has 1 N–H and O–H groups in total. The van der Waals surface area contributed by atoms with Crippen LogP contribution in [0.15, 0.2) is 12.1 Å². The van der Waals surface area contributed by atoms with Crippen molar-refractivity contribution in [2.75, 3.05) is 13.1 Å². The SMILES string of the molecule is CC1Cc2cc(C(=O)OC3CCN4CCCC34)cc(CCC(C)(C)O)c2OC1(C)C. The Balaban J connectivity index is 1.60. The Kier molecular flexibility index (Phi) is 5.65. The maximum atomic E-state index is 13.1. The van der Waals surface area contributed by atoms with Gasteiger partial charge in [0.05, 0.1) is 11.2 Å². The zero-order chi connectivity index (χ0) is 21.7. The Morgan fingerprint density at radius 1 is 1.30 bits per heavy atom. The number of carbonyl (C=O) groups is 1. The minimum absolute atomic E-state index is 0.00460. The van der Waals surface area contributed by atoms with Crippen molar-refractivity contribution in [3.8, 4) is 5.75 Å². The Bertz CT molecular complexity index is 810. The number of ether oxygens (including phenoxy) is 2. The van der Waals surface area contributed by atoms with Gasteiger partial charge in [-0.1, -0.05) is 6.92 Å². The predicted molar refractivity (Wildman–Crippen MR) is 117 cm³/mol. The van der Waals surface area contributed by atoms with E-state index in [0.29, 0.717) is 30.4 Å². The lowest BCUT2D eigenvalue weighted by molar-refractivity contribution is 0.0233. The smallest absolute Gasteiger partial charge is 0.338 e. The summed E-state index contributed by atoms with van der Waals surface area (Å²) in [4.78, 5) is 15.6. The number of esters is 1. The molecule has 1 aromatic carbocycles. The first kappa shape index (κ1) is 21.6. The highest BCUT2D eigenvalue weighted by molar-refractivity contribution is 5.90. The van der Waals surface area contributed by atoms with Crippen LogP contribution in [0.4, 0.5) is 0 Å². The summed E-state index contributed by atoms with van der Waals surface area (Å²) in [5.41, 5.74) is 1.67. The number of benzene rings is 1. The largest absolute Gasteiger partial charge is 0.487 e. The van der Waals surface area contributed by atoms with Gasteiger partial charge in [0.25, 0.3) is 0 Å². The van der Waals surface area contributed by atoms with Crippen molar-refractivity contribution in [3.05, 3.63) is 28.8 Å². The molecule has 4 rings (SSSR count). The van der Waals surface area contributed by atoms with E-state index in [1.807, 2.05) is 26.0 Å². The monoisotopic (exact) mass is 415 g/mol. The highest BCUT2D eigenvalue weighted by atomic mass is 16.5. The minimum Gasteiger partial charge on any atom is -0.487 e. The molecule has 1 aromatic rings. The molecule has 5 nitrogen and oxygen atoms in total. The topological polar surface area (TPSA) is 59.0 Å². The van der Waals surface area contributed by atoms with Gasteiger partial charge in [0.1, 0.15) is 17.5 Å². The number of hydrogen-bond donors (Lipinski definition) is 1. The fourth-order valence-corrected chi connectivity index (χ4v) is 5.10. The number of rotatable bonds is 5. The van der Waals surface area contributed by atoms with Crippen molar-refractivity contribution in [2.24, 2.45) is 5.92 Å². The molecule has 166 valence electrons. The summed E-state index contributed by atoms with van der Waals surface area (Å²) in [7, 11) is 0. The molecule has 0 radical (unpaired) electrons. The Hall–Kier alpha value is -1.59. The predicted octanol–water partition coefficient (Wildman–Crippen LogP) is 4.13. The van der Waals surface area contributed by atoms with E-state index >= 15 is 0 Å². The number of aryl methyl sites for hydroxylation is 1. The van der Waals surface area contributed by atoms with Crippen molar-refractivity contribution in [1.29, 1.82) is 0 Å². The number of hydrogen-bond acceptors (Lipinski definition) is 5. The standard InChI is InChI=1S/C25H37NO4/c1-16-13-18-15-19(23(27)29-21-9-12-26-11-6-7-20(21)26)14-17(8-10-24(2,3)28)22(18)30-25(16,4)5/h14-16,20-21,28H,6-13H2,1-5H3. The molecule has 0 aliphatic carbocycles. The van der Waals surface area contributed by atoms with Crippen LogP contribution in [0.3, 0.4) is 0 Å². The first-order valence-corrected chi connectivity index (χ1v) is 11.6. The lowest BCUT2D eigenvalue weighted by atomic mass is 9.82.